The van der Waals surface area contributed by atoms with E-state index >= 15 is 0 Å². The largest absolute Gasteiger partial charge is 0.378 e. The van der Waals surface area contributed by atoms with Crippen LogP contribution in [0.2, 0.25) is 0 Å². The molecule has 2 fully saturated rings. The van der Waals surface area contributed by atoms with Crippen LogP contribution in [-0.4, -0.2) is 36.7 Å². The lowest BCUT2D eigenvalue weighted by Crippen LogP contribution is -2.55. The molecule has 14 heavy (non-hydrogen) atoms. The van der Waals surface area contributed by atoms with E-state index in [1.807, 2.05) is 0 Å². The maximum Gasteiger partial charge on any atom is 0.140 e. The number of rotatable bonds is 1. The average molecular weight is 194 g/mol. The molecule has 0 bridgehead atoms. The van der Waals surface area contributed by atoms with Gasteiger partial charge in [-0.1, -0.05) is 13.8 Å². The first kappa shape index (κ1) is 9.95. The fraction of sp³-hybridized carbons (Fsp3) is 0.909. The lowest BCUT2D eigenvalue weighted by atomic mass is 9.75. The summed E-state index contributed by atoms with van der Waals surface area (Å²) in [6.07, 6.45) is 2.44. The average Bonchev–Trinajstić information content (AvgIpc) is 2.72. The highest BCUT2D eigenvalue weighted by atomic mass is 16.5. The molecule has 2 heterocycles. The SMILES string of the molecule is CC1(C)COCC1(C#N)N1CCCC1. The fourth-order valence-corrected chi connectivity index (χ4v) is 2.64. The standard InChI is InChI=1S/C11H18N2O/c1-10(2)8-14-9-11(10,7-12)13-5-3-4-6-13/h3-6,8-9H2,1-2H3. The van der Waals surface area contributed by atoms with Crippen molar-refractivity contribution in [2.45, 2.75) is 32.2 Å². The Balaban J connectivity index is 2.29. The Morgan fingerprint density at radius 3 is 2.29 bits per heavy atom. The number of likely N-dealkylation sites (tertiary alicyclic amines) is 1. The van der Waals surface area contributed by atoms with Gasteiger partial charge >= 0.3 is 0 Å². The molecule has 0 N–H and O–H groups in total. The van der Waals surface area contributed by atoms with Crippen molar-refractivity contribution in [3.63, 3.8) is 0 Å². The first-order chi connectivity index (χ1) is 6.62. The summed E-state index contributed by atoms with van der Waals surface area (Å²) >= 11 is 0. The Morgan fingerprint density at radius 1 is 1.21 bits per heavy atom. The highest BCUT2D eigenvalue weighted by Crippen LogP contribution is 2.42. The molecule has 0 amide bonds. The van der Waals surface area contributed by atoms with Gasteiger partial charge in [0.2, 0.25) is 0 Å². The predicted octanol–water partition coefficient (Wildman–Crippen LogP) is 1.40. The van der Waals surface area contributed by atoms with Crippen LogP contribution in [0.25, 0.3) is 0 Å². The normalized spacial score (nSPS) is 37.2. The maximum atomic E-state index is 9.44. The third-order valence-electron chi connectivity index (χ3n) is 3.72. The van der Waals surface area contributed by atoms with E-state index in [2.05, 4.69) is 24.8 Å². The van der Waals surface area contributed by atoms with Crippen LogP contribution in [-0.2, 0) is 4.74 Å². The van der Waals surface area contributed by atoms with Crippen LogP contribution in [0, 0.1) is 16.7 Å². The van der Waals surface area contributed by atoms with Gasteiger partial charge in [0.25, 0.3) is 0 Å². The second-order valence-electron chi connectivity index (χ2n) is 5.04. The summed E-state index contributed by atoms with van der Waals surface area (Å²) in [5, 5.41) is 9.44. The summed E-state index contributed by atoms with van der Waals surface area (Å²) in [7, 11) is 0. The van der Waals surface area contributed by atoms with Crippen LogP contribution >= 0.6 is 0 Å². The molecule has 2 rings (SSSR count). The monoisotopic (exact) mass is 194 g/mol. The second kappa shape index (κ2) is 3.22. The van der Waals surface area contributed by atoms with Crippen molar-refractivity contribution in [3.8, 4) is 6.07 Å². The zero-order valence-corrected chi connectivity index (χ0v) is 9.05. The van der Waals surface area contributed by atoms with Gasteiger partial charge in [-0.3, -0.25) is 4.90 Å². The van der Waals surface area contributed by atoms with Gasteiger partial charge in [0.1, 0.15) is 5.54 Å². The van der Waals surface area contributed by atoms with E-state index in [0.29, 0.717) is 13.2 Å². The van der Waals surface area contributed by atoms with Gasteiger partial charge in [-0.25, -0.2) is 0 Å². The zero-order chi connectivity index (χ0) is 10.2. The van der Waals surface area contributed by atoms with E-state index in [4.69, 9.17) is 4.74 Å². The van der Waals surface area contributed by atoms with E-state index in [1.165, 1.54) is 12.8 Å². The van der Waals surface area contributed by atoms with Crippen LogP contribution in [0.15, 0.2) is 0 Å². The summed E-state index contributed by atoms with van der Waals surface area (Å²) < 4.78 is 5.51. The van der Waals surface area contributed by atoms with Crippen molar-refractivity contribution < 1.29 is 4.74 Å². The Kier molecular flexibility index (Phi) is 2.29. The third-order valence-corrected chi connectivity index (χ3v) is 3.72. The summed E-state index contributed by atoms with van der Waals surface area (Å²) in [4.78, 5) is 2.32. The topological polar surface area (TPSA) is 36.3 Å². The quantitative estimate of drug-likeness (QED) is 0.633. The lowest BCUT2D eigenvalue weighted by Gasteiger charge is -2.40. The molecule has 2 aliphatic rings. The van der Waals surface area contributed by atoms with Gasteiger partial charge in [0, 0.05) is 5.41 Å². The van der Waals surface area contributed by atoms with Crippen LogP contribution in [0.1, 0.15) is 26.7 Å². The van der Waals surface area contributed by atoms with Gasteiger partial charge in [0.05, 0.1) is 19.3 Å². The van der Waals surface area contributed by atoms with Crippen molar-refractivity contribution >= 4 is 0 Å². The minimum atomic E-state index is -0.372. The predicted molar refractivity (Wildman–Crippen MR) is 53.8 cm³/mol. The Labute approximate surface area is 85.6 Å². The van der Waals surface area contributed by atoms with E-state index in [0.717, 1.165) is 13.1 Å². The highest BCUT2D eigenvalue weighted by Gasteiger charge is 2.54. The molecule has 1 atom stereocenters. The highest BCUT2D eigenvalue weighted by molar-refractivity contribution is 5.19. The van der Waals surface area contributed by atoms with Crippen LogP contribution in [0.3, 0.4) is 0 Å². The summed E-state index contributed by atoms with van der Waals surface area (Å²) in [5.41, 5.74) is -0.407. The van der Waals surface area contributed by atoms with Crippen molar-refractivity contribution in [1.82, 2.24) is 4.90 Å². The molecule has 0 saturated carbocycles. The first-order valence-corrected chi connectivity index (χ1v) is 5.36. The smallest absolute Gasteiger partial charge is 0.140 e. The summed E-state index contributed by atoms with van der Waals surface area (Å²) in [6.45, 7) is 7.68. The van der Waals surface area contributed by atoms with Gasteiger partial charge in [0.15, 0.2) is 0 Å². The van der Waals surface area contributed by atoms with Gasteiger partial charge in [-0.15, -0.1) is 0 Å². The second-order valence-corrected chi connectivity index (χ2v) is 5.04. The minimum Gasteiger partial charge on any atom is -0.378 e. The number of nitrogens with zero attached hydrogens (tertiary/aromatic N) is 2. The van der Waals surface area contributed by atoms with E-state index in [-0.39, 0.29) is 11.0 Å². The van der Waals surface area contributed by atoms with Crippen molar-refractivity contribution in [2.75, 3.05) is 26.3 Å². The molecular weight excluding hydrogens is 176 g/mol. The lowest BCUT2D eigenvalue weighted by molar-refractivity contribution is 0.0880. The molecular formula is C11H18N2O. The van der Waals surface area contributed by atoms with Gasteiger partial charge in [-0.05, 0) is 25.9 Å². The van der Waals surface area contributed by atoms with Crippen LogP contribution in [0.5, 0.6) is 0 Å². The Morgan fingerprint density at radius 2 is 1.86 bits per heavy atom. The number of hydrogen-bond donors (Lipinski definition) is 0. The van der Waals surface area contributed by atoms with E-state index in [1.54, 1.807) is 0 Å². The summed E-state index contributed by atoms with van der Waals surface area (Å²) in [6, 6.07) is 2.51. The Bertz CT molecular complexity index is 263. The molecule has 0 aromatic carbocycles. The van der Waals surface area contributed by atoms with E-state index < -0.39 is 0 Å². The third kappa shape index (κ3) is 1.18. The summed E-state index contributed by atoms with van der Waals surface area (Å²) in [5.74, 6) is 0. The number of nitriles is 1. The molecule has 3 nitrogen and oxygen atoms in total. The number of ether oxygens (including phenoxy) is 1. The Hall–Kier alpha value is -0.590. The zero-order valence-electron chi connectivity index (χ0n) is 9.05. The molecule has 0 radical (unpaired) electrons. The molecule has 2 saturated heterocycles. The van der Waals surface area contributed by atoms with Gasteiger partial charge in [-0.2, -0.15) is 5.26 Å². The maximum absolute atomic E-state index is 9.44. The van der Waals surface area contributed by atoms with Crippen LogP contribution in [0.4, 0.5) is 0 Å². The van der Waals surface area contributed by atoms with Crippen molar-refractivity contribution in [1.29, 1.82) is 5.26 Å². The number of hydrogen-bond acceptors (Lipinski definition) is 3. The van der Waals surface area contributed by atoms with Crippen molar-refractivity contribution in [3.05, 3.63) is 0 Å². The molecule has 2 aliphatic heterocycles. The molecule has 0 aliphatic carbocycles. The molecule has 0 aromatic rings. The van der Waals surface area contributed by atoms with Gasteiger partial charge < -0.3 is 4.74 Å². The van der Waals surface area contributed by atoms with Crippen LogP contribution < -0.4 is 0 Å². The first-order valence-electron chi connectivity index (χ1n) is 5.36. The fourth-order valence-electron chi connectivity index (χ4n) is 2.64. The van der Waals surface area contributed by atoms with Crippen molar-refractivity contribution in [2.24, 2.45) is 5.41 Å². The minimum absolute atomic E-state index is 0.0356. The molecule has 0 spiro atoms. The van der Waals surface area contributed by atoms with E-state index in [9.17, 15) is 5.26 Å². The molecule has 1 unspecified atom stereocenters. The molecule has 3 heteroatoms. The molecule has 78 valence electrons. The molecule has 0 aromatic heterocycles.